The van der Waals surface area contributed by atoms with E-state index in [2.05, 4.69) is 4.98 Å². The summed E-state index contributed by atoms with van der Waals surface area (Å²) in [5.41, 5.74) is -0.513. The molecule has 18 heavy (non-hydrogen) atoms. The molecule has 0 radical (unpaired) electrons. The molecule has 0 saturated carbocycles. The van der Waals surface area contributed by atoms with Crippen LogP contribution in [0.5, 0.6) is 0 Å². The summed E-state index contributed by atoms with van der Waals surface area (Å²) in [7, 11) is 0. The largest absolute Gasteiger partial charge is 0.444 e. The third-order valence-corrected chi connectivity index (χ3v) is 3.18. The van der Waals surface area contributed by atoms with Gasteiger partial charge in [0.05, 0.1) is 10.9 Å². The summed E-state index contributed by atoms with van der Waals surface area (Å²) in [6.45, 7) is 1.50. The second kappa shape index (κ2) is 5.18. The molecule has 0 aromatic carbocycles. The van der Waals surface area contributed by atoms with Crippen molar-refractivity contribution in [3.05, 3.63) is 31.6 Å². The summed E-state index contributed by atoms with van der Waals surface area (Å²) in [5.74, 6) is -0.422. The number of nitrogens with one attached hydrogen (secondary N) is 1. The third-order valence-electron chi connectivity index (χ3n) is 2.43. The third kappa shape index (κ3) is 2.35. The van der Waals surface area contributed by atoms with E-state index in [0.717, 1.165) is 4.57 Å². The standard InChI is InChI=1S/C11H12N2O4S/c1-2-3-9(14)17-6-13-10(15)7-4-18-5-8(7)12-11(13)16/h4-5H,2-3,6H2,1H3,(H,12,16). The molecule has 0 aliphatic rings. The Morgan fingerprint density at radius 3 is 2.94 bits per heavy atom. The average molecular weight is 268 g/mol. The summed E-state index contributed by atoms with van der Waals surface area (Å²) < 4.78 is 5.74. The van der Waals surface area contributed by atoms with E-state index in [1.807, 2.05) is 6.92 Å². The summed E-state index contributed by atoms with van der Waals surface area (Å²) in [6.07, 6.45) is 0.932. The SMILES string of the molecule is CCCC(=O)OCn1c(=O)[nH]c2cscc2c1=O. The molecule has 0 amide bonds. The van der Waals surface area contributed by atoms with Crippen LogP contribution in [0.1, 0.15) is 19.8 Å². The first kappa shape index (κ1) is 12.6. The first-order valence-electron chi connectivity index (χ1n) is 5.48. The molecule has 7 heteroatoms. The Bertz CT molecular complexity index is 682. The van der Waals surface area contributed by atoms with Gasteiger partial charge in [0.2, 0.25) is 0 Å². The molecular formula is C11H12N2O4S. The molecule has 0 aliphatic carbocycles. The molecule has 0 saturated heterocycles. The van der Waals surface area contributed by atoms with Crippen LogP contribution in [-0.2, 0) is 16.3 Å². The van der Waals surface area contributed by atoms with E-state index >= 15 is 0 Å². The van der Waals surface area contributed by atoms with Crippen molar-refractivity contribution in [3.8, 4) is 0 Å². The predicted octanol–water partition coefficient (Wildman–Crippen LogP) is 1.05. The molecule has 2 heterocycles. The van der Waals surface area contributed by atoms with Gasteiger partial charge in [-0.05, 0) is 6.42 Å². The van der Waals surface area contributed by atoms with Gasteiger partial charge in [-0.15, -0.1) is 11.3 Å². The van der Waals surface area contributed by atoms with E-state index in [-0.39, 0.29) is 13.2 Å². The number of ether oxygens (including phenoxy) is 1. The van der Waals surface area contributed by atoms with Gasteiger partial charge in [0, 0.05) is 17.2 Å². The molecule has 0 bridgehead atoms. The highest BCUT2D eigenvalue weighted by molar-refractivity contribution is 7.09. The summed E-state index contributed by atoms with van der Waals surface area (Å²) >= 11 is 1.33. The smallest absolute Gasteiger partial charge is 0.331 e. The Balaban J connectivity index is 2.30. The number of carbonyl (C=O) groups is 1. The zero-order valence-corrected chi connectivity index (χ0v) is 10.6. The quantitative estimate of drug-likeness (QED) is 0.840. The van der Waals surface area contributed by atoms with Gasteiger partial charge in [-0.2, -0.15) is 0 Å². The molecule has 0 fully saturated rings. The van der Waals surface area contributed by atoms with Crippen molar-refractivity contribution in [2.75, 3.05) is 0 Å². The maximum atomic E-state index is 11.9. The Labute approximate surface area is 106 Å². The van der Waals surface area contributed by atoms with Gasteiger partial charge in [0.25, 0.3) is 5.56 Å². The van der Waals surface area contributed by atoms with Crippen LogP contribution in [-0.4, -0.2) is 15.5 Å². The van der Waals surface area contributed by atoms with Gasteiger partial charge in [-0.25, -0.2) is 9.36 Å². The highest BCUT2D eigenvalue weighted by Crippen LogP contribution is 2.10. The lowest BCUT2D eigenvalue weighted by Crippen LogP contribution is -2.36. The fraction of sp³-hybridized carbons (Fsp3) is 0.364. The van der Waals surface area contributed by atoms with E-state index < -0.39 is 17.2 Å². The van der Waals surface area contributed by atoms with Crippen molar-refractivity contribution in [3.63, 3.8) is 0 Å². The lowest BCUT2D eigenvalue weighted by Gasteiger charge is -2.05. The molecule has 2 rings (SSSR count). The fourth-order valence-electron chi connectivity index (χ4n) is 1.51. The maximum Gasteiger partial charge on any atom is 0.331 e. The van der Waals surface area contributed by atoms with Crippen molar-refractivity contribution >= 4 is 28.2 Å². The molecule has 96 valence electrons. The number of hydrogen-bond donors (Lipinski definition) is 1. The number of aromatic amines is 1. The lowest BCUT2D eigenvalue weighted by atomic mass is 10.3. The van der Waals surface area contributed by atoms with Crippen LogP contribution in [0.2, 0.25) is 0 Å². The van der Waals surface area contributed by atoms with Gasteiger partial charge in [0.1, 0.15) is 0 Å². The molecule has 0 unspecified atom stereocenters. The number of aromatic nitrogens is 2. The molecule has 2 aromatic heterocycles. The summed E-state index contributed by atoms with van der Waals surface area (Å²) in [4.78, 5) is 37.3. The van der Waals surface area contributed by atoms with Crippen LogP contribution < -0.4 is 11.2 Å². The van der Waals surface area contributed by atoms with Crippen LogP contribution in [0.3, 0.4) is 0 Å². The molecule has 0 aliphatic heterocycles. The highest BCUT2D eigenvalue weighted by atomic mass is 32.1. The van der Waals surface area contributed by atoms with E-state index in [1.54, 1.807) is 10.8 Å². The van der Waals surface area contributed by atoms with E-state index in [1.165, 1.54) is 11.3 Å². The van der Waals surface area contributed by atoms with Gasteiger partial charge < -0.3 is 9.72 Å². The molecule has 6 nitrogen and oxygen atoms in total. The second-order valence-electron chi connectivity index (χ2n) is 3.76. The number of thiophene rings is 1. The number of nitrogens with zero attached hydrogens (tertiary/aromatic N) is 1. The van der Waals surface area contributed by atoms with E-state index in [4.69, 9.17) is 4.74 Å². The minimum Gasteiger partial charge on any atom is -0.444 e. The first-order valence-corrected chi connectivity index (χ1v) is 6.42. The van der Waals surface area contributed by atoms with E-state index in [9.17, 15) is 14.4 Å². The van der Waals surface area contributed by atoms with E-state index in [0.29, 0.717) is 17.3 Å². The second-order valence-corrected chi connectivity index (χ2v) is 4.50. The number of esters is 1. The topological polar surface area (TPSA) is 81.2 Å². The molecular weight excluding hydrogens is 256 g/mol. The van der Waals surface area contributed by atoms with Crippen molar-refractivity contribution in [1.82, 2.24) is 9.55 Å². The number of rotatable bonds is 4. The van der Waals surface area contributed by atoms with Crippen LogP contribution in [0.4, 0.5) is 0 Å². The monoisotopic (exact) mass is 268 g/mol. The zero-order chi connectivity index (χ0) is 13.1. The normalized spacial score (nSPS) is 10.7. The minimum absolute atomic E-state index is 0.271. The molecule has 1 N–H and O–H groups in total. The predicted molar refractivity (Wildman–Crippen MR) is 67.7 cm³/mol. The van der Waals surface area contributed by atoms with Crippen molar-refractivity contribution in [2.24, 2.45) is 0 Å². The van der Waals surface area contributed by atoms with Crippen molar-refractivity contribution in [2.45, 2.75) is 26.5 Å². The molecule has 0 atom stereocenters. The number of H-pyrrole nitrogens is 1. The minimum atomic E-state index is -0.574. The Hall–Kier alpha value is -1.89. The van der Waals surface area contributed by atoms with Crippen molar-refractivity contribution < 1.29 is 9.53 Å². The maximum absolute atomic E-state index is 11.9. The molecule has 0 spiro atoms. The van der Waals surface area contributed by atoms with Crippen LogP contribution in [0, 0.1) is 0 Å². The number of fused-ring (bicyclic) bond motifs is 1. The summed E-state index contributed by atoms with van der Waals surface area (Å²) in [6, 6.07) is 0. The van der Waals surface area contributed by atoms with Crippen LogP contribution in [0.25, 0.3) is 10.9 Å². The van der Waals surface area contributed by atoms with Gasteiger partial charge in [0.15, 0.2) is 6.73 Å². The van der Waals surface area contributed by atoms with Gasteiger partial charge >= 0.3 is 11.7 Å². The Morgan fingerprint density at radius 1 is 1.44 bits per heavy atom. The Morgan fingerprint density at radius 2 is 2.22 bits per heavy atom. The zero-order valence-electron chi connectivity index (χ0n) is 9.76. The first-order chi connectivity index (χ1) is 8.63. The summed E-state index contributed by atoms with van der Waals surface area (Å²) in [5, 5.41) is 3.76. The average Bonchev–Trinajstić information content (AvgIpc) is 2.77. The Kier molecular flexibility index (Phi) is 3.61. The van der Waals surface area contributed by atoms with Gasteiger partial charge in [-0.3, -0.25) is 9.59 Å². The fourth-order valence-corrected chi connectivity index (χ4v) is 2.26. The van der Waals surface area contributed by atoms with Gasteiger partial charge in [-0.1, -0.05) is 6.92 Å². The number of hydrogen-bond acceptors (Lipinski definition) is 5. The van der Waals surface area contributed by atoms with Crippen LogP contribution >= 0.6 is 11.3 Å². The van der Waals surface area contributed by atoms with Crippen molar-refractivity contribution in [1.29, 1.82) is 0 Å². The molecule has 2 aromatic rings. The number of carbonyl (C=O) groups excluding carboxylic acids is 1. The highest BCUT2D eigenvalue weighted by Gasteiger charge is 2.09. The lowest BCUT2D eigenvalue weighted by molar-refractivity contribution is -0.147. The van der Waals surface area contributed by atoms with Crippen LogP contribution in [0.15, 0.2) is 20.3 Å².